The van der Waals surface area contributed by atoms with Gasteiger partial charge in [0.2, 0.25) is 0 Å². The van der Waals surface area contributed by atoms with Crippen LogP contribution in [0.15, 0.2) is 68.6 Å². The van der Waals surface area contributed by atoms with E-state index in [1.807, 2.05) is 6.07 Å². The molecule has 0 aliphatic carbocycles. The zero-order chi connectivity index (χ0) is 18.8. The summed E-state index contributed by atoms with van der Waals surface area (Å²) in [6.45, 7) is 4.15. The van der Waals surface area contributed by atoms with Crippen LogP contribution in [0.1, 0.15) is 37.4 Å². The molecule has 136 valence electrons. The van der Waals surface area contributed by atoms with Gasteiger partial charge in [-0.05, 0) is 64.3 Å². The number of nitrogens with zero attached hydrogens (tertiary/aromatic N) is 2. The highest BCUT2D eigenvalue weighted by Gasteiger charge is 2.45. The second-order valence-electron chi connectivity index (χ2n) is 7.53. The van der Waals surface area contributed by atoms with E-state index in [4.69, 9.17) is 9.84 Å². The van der Waals surface area contributed by atoms with Crippen molar-refractivity contribution in [2.75, 3.05) is 0 Å². The quantitative estimate of drug-likeness (QED) is 0.385. The molecule has 0 saturated carbocycles. The van der Waals surface area contributed by atoms with Gasteiger partial charge in [0.05, 0.1) is 16.2 Å². The van der Waals surface area contributed by atoms with Crippen molar-refractivity contribution in [2.24, 2.45) is 5.10 Å². The first-order valence-corrected chi connectivity index (χ1v) is 10.5. The first kappa shape index (κ1) is 17.3. The summed E-state index contributed by atoms with van der Waals surface area (Å²) >= 11 is 7.27. The summed E-state index contributed by atoms with van der Waals surface area (Å²) in [5.74, 6) is 0.916. The summed E-state index contributed by atoms with van der Waals surface area (Å²) in [5, 5.41) is 9.59. The van der Waals surface area contributed by atoms with Gasteiger partial charge in [-0.2, -0.15) is 5.10 Å². The highest BCUT2D eigenvalue weighted by atomic mass is 79.9. The normalized spacial score (nSPS) is 20.1. The molecule has 2 aliphatic rings. The molecule has 0 amide bonds. The Kier molecular flexibility index (Phi) is 3.89. The standard InChI is InChI=1S/C22H18Br2N2O/c1-22(2)26-20(17-10-16(23)11-18(24)21(17)27-22)12-19(25-26)15-8-7-13-5-3-4-6-14(13)9-15/h3-11,20H,12H2,1-2H3. The van der Waals surface area contributed by atoms with Crippen LogP contribution in [0.4, 0.5) is 0 Å². The van der Waals surface area contributed by atoms with E-state index < -0.39 is 5.72 Å². The third-order valence-corrected chi connectivity index (χ3v) is 6.34. The SMILES string of the molecule is CC1(C)Oc2c(Br)cc(Br)cc2C2CC(c3ccc4ccccc4c3)=NN21. The molecule has 0 N–H and O–H groups in total. The molecule has 3 aromatic carbocycles. The van der Waals surface area contributed by atoms with Gasteiger partial charge < -0.3 is 4.74 Å². The molecule has 1 unspecified atom stereocenters. The fourth-order valence-electron chi connectivity index (χ4n) is 4.02. The monoisotopic (exact) mass is 484 g/mol. The first-order valence-electron chi connectivity index (χ1n) is 8.96. The molecule has 5 rings (SSSR count). The van der Waals surface area contributed by atoms with Gasteiger partial charge in [0.25, 0.3) is 0 Å². The Morgan fingerprint density at radius 2 is 1.81 bits per heavy atom. The molecule has 1 atom stereocenters. The average molecular weight is 486 g/mol. The molecule has 2 heterocycles. The third kappa shape index (κ3) is 2.79. The fourth-order valence-corrected chi connectivity index (χ4v) is 5.36. The van der Waals surface area contributed by atoms with Crippen LogP contribution in [0.3, 0.4) is 0 Å². The lowest BCUT2D eigenvalue weighted by atomic mass is 9.94. The number of hydrogen-bond donors (Lipinski definition) is 0. The zero-order valence-electron chi connectivity index (χ0n) is 15.0. The molecule has 0 spiro atoms. The van der Waals surface area contributed by atoms with E-state index in [0.717, 1.165) is 32.4 Å². The lowest BCUT2D eigenvalue weighted by Crippen LogP contribution is -2.48. The zero-order valence-corrected chi connectivity index (χ0v) is 18.2. The van der Waals surface area contributed by atoms with Crippen LogP contribution in [-0.2, 0) is 0 Å². The molecule has 2 aliphatic heterocycles. The molecular formula is C22H18Br2N2O. The Balaban J connectivity index is 1.60. The molecule has 3 nitrogen and oxygen atoms in total. The van der Waals surface area contributed by atoms with E-state index in [2.05, 4.69) is 99.2 Å². The van der Waals surface area contributed by atoms with Crippen LogP contribution in [0.2, 0.25) is 0 Å². The second kappa shape index (κ2) is 6.08. The van der Waals surface area contributed by atoms with Crippen molar-refractivity contribution in [3.05, 3.63) is 74.7 Å². The minimum Gasteiger partial charge on any atom is -0.466 e. The van der Waals surface area contributed by atoms with Gasteiger partial charge in [0.1, 0.15) is 5.75 Å². The minimum atomic E-state index is -0.507. The second-order valence-corrected chi connectivity index (χ2v) is 9.30. The van der Waals surface area contributed by atoms with Gasteiger partial charge in [0.15, 0.2) is 5.72 Å². The number of fused-ring (bicyclic) bond motifs is 4. The van der Waals surface area contributed by atoms with Crippen molar-refractivity contribution in [2.45, 2.75) is 32.0 Å². The van der Waals surface area contributed by atoms with Crippen molar-refractivity contribution in [3.8, 4) is 5.75 Å². The van der Waals surface area contributed by atoms with Crippen molar-refractivity contribution in [1.29, 1.82) is 0 Å². The topological polar surface area (TPSA) is 24.8 Å². The Bertz CT molecular complexity index is 1110. The van der Waals surface area contributed by atoms with E-state index in [0.29, 0.717) is 0 Å². The van der Waals surface area contributed by atoms with Gasteiger partial charge in [-0.15, -0.1) is 0 Å². The molecule has 0 aromatic heterocycles. The van der Waals surface area contributed by atoms with Crippen molar-refractivity contribution in [3.63, 3.8) is 0 Å². The molecule has 27 heavy (non-hydrogen) atoms. The van der Waals surface area contributed by atoms with E-state index in [1.54, 1.807) is 0 Å². The molecule has 5 heteroatoms. The molecular weight excluding hydrogens is 468 g/mol. The molecule has 0 fully saturated rings. The number of rotatable bonds is 1. The van der Waals surface area contributed by atoms with Gasteiger partial charge in [0, 0.05) is 16.5 Å². The molecule has 0 bridgehead atoms. The van der Waals surface area contributed by atoms with Crippen LogP contribution in [0.25, 0.3) is 10.8 Å². The predicted molar refractivity (Wildman–Crippen MR) is 116 cm³/mol. The Labute approximate surface area is 175 Å². The van der Waals surface area contributed by atoms with Gasteiger partial charge >= 0.3 is 0 Å². The number of benzene rings is 3. The number of hydrazone groups is 1. The van der Waals surface area contributed by atoms with Gasteiger partial charge in [-0.1, -0.05) is 52.3 Å². The lowest BCUT2D eigenvalue weighted by Gasteiger charge is -2.44. The highest BCUT2D eigenvalue weighted by Crippen LogP contribution is 2.50. The summed E-state index contributed by atoms with van der Waals surface area (Å²) in [6.07, 6.45) is 0.862. The summed E-state index contributed by atoms with van der Waals surface area (Å²) in [5.41, 5.74) is 2.93. The van der Waals surface area contributed by atoms with Crippen LogP contribution in [0.5, 0.6) is 5.75 Å². The summed E-state index contributed by atoms with van der Waals surface area (Å²) in [6, 6.07) is 19.4. The Hall–Kier alpha value is -1.85. The number of halogens is 2. The smallest absolute Gasteiger partial charge is 0.192 e. The predicted octanol–water partition coefficient (Wildman–Crippen LogP) is 6.64. The lowest BCUT2D eigenvalue weighted by molar-refractivity contribution is -0.0917. The molecule has 0 saturated heterocycles. The van der Waals surface area contributed by atoms with Crippen LogP contribution < -0.4 is 4.74 Å². The average Bonchev–Trinajstić information content (AvgIpc) is 3.09. The largest absolute Gasteiger partial charge is 0.466 e. The maximum Gasteiger partial charge on any atom is 0.192 e. The van der Waals surface area contributed by atoms with Crippen molar-refractivity contribution < 1.29 is 4.74 Å². The van der Waals surface area contributed by atoms with E-state index in [-0.39, 0.29) is 6.04 Å². The number of ether oxygens (including phenoxy) is 1. The van der Waals surface area contributed by atoms with Crippen LogP contribution in [0, 0.1) is 0 Å². The third-order valence-electron chi connectivity index (χ3n) is 5.29. The highest BCUT2D eigenvalue weighted by molar-refractivity contribution is 9.11. The van der Waals surface area contributed by atoms with E-state index >= 15 is 0 Å². The summed E-state index contributed by atoms with van der Waals surface area (Å²) in [4.78, 5) is 0. The summed E-state index contributed by atoms with van der Waals surface area (Å²) < 4.78 is 8.33. The van der Waals surface area contributed by atoms with Gasteiger partial charge in [-0.3, -0.25) is 0 Å². The Morgan fingerprint density at radius 1 is 1.04 bits per heavy atom. The first-order chi connectivity index (χ1) is 12.9. The van der Waals surface area contributed by atoms with Crippen molar-refractivity contribution in [1.82, 2.24) is 5.01 Å². The molecule has 0 radical (unpaired) electrons. The van der Waals surface area contributed by atoms with E-state index in [9.17, 15) is 0 Å². The number of hydrogen-bond acceptors (Lipinski definition) is 3. The maximum atomic E-state index is 6.32. The van der Waals surface area contributed by atoms with Gasteiger partial charge in [-0.25, -0.2) is 5.01 Å². The van der Waals surface area contributed by atoms with Crippen LogP contribution >= 0.6 is 31.9 Å². The maximum absolute atomic E-state index is 6.32. The Morgan fingerprint density at radius 3 is 2.63 bits per heavy atom. The summed E-state index contributed by atoms with van der Waals surface area (Å²) in [7, 11) is 0. The van der Waals surface area contributed by atoms with E-state index in [1.165, 1.54) is 16.3 Å². The molecule has 3 aromatic rings. The minimum absolute atomic E-state index is 0.166. The fraction of sp³-hybridized carbons (Fsp3) is 0.227. The van der Waals surface area contributed by atoms with Crippen LogP contribution in [-0.4, -0.2) is 16.4 Å². The van der Waals surface area contributed by atoms with Crippen molar-refractivity contribution >= 4 is 48.3 Å².